The minimum Gasteiger partial charge on any atom is -0.292 e. The topological polar surface area (TPSA) is 51.0 Å². The van der Waals surface area contributed by atoms with Gasteiger partial charge in [0.2, 0.25) is 0 Å². The van der Waals surface area contributed by atoms with Gasteiger partial charge in [0.05, 0.1) is 11.4 Å². The molecule has 60 heavy (non-hydrogen) atoms. The average molecular weight is 783 g/mol. The Labute approximate surface area is 356 Å². The number of dihydropyridines is 1. The second-order valence-corrected chi connectivity index (χ2v) is 16.0. The molecule has 1 aliphatic carbocycles. The van der Waals surface area contributed by atoms with E-state index in [0.717, 1.165) is 46.9 Å². The molecule has 2 unspecified atom stereocenters. The van der Waals surface area contributed by atoms with Crippen LogP contribution in [0.5, 0.6) is 0 Å². The van der Waals surface area contributed by atoms with Crippen LogP contribution in [0.4, 0.5) is 0 Å². The van der Waals surface area contributed by atoms with Crippen molar-refractivity contribution in [2.75, 3.05) is 6.54 Å². The third kappa shape index (κ3) is 11.2. The zero-order valence-electron chi connectivity index (χ0n) is 35.7. The second kappa shape index (κ2) is 19.8. The summed E-state index contributed by atoms with van der Waals surface area (Å²) < 4.78 is 0. The Bertz CT molecular complexity index is 2400. The number of benzene rings is 4. The average Bonchev–Trinajstić information content (AvgIpc) is 3.27. The molecule has 4 nitrogen and oxygen atoms in total. The first-order chi connectivity index (χ1) is 29.2. The number of pyridine rings is 3. The third-order valence-electron chi connectivity index (χ3n) is 10.7. The van der Waals surface area contributed by atoms with E-state index in [-0.39, 0.29) is 0 Å². The zero-order chi connectivity index (χ0) is 41.8. The molecule has 0 fully saturated rings. The second-order valence-electron chi connectivity index (χ2n) is 16.0. The Morgan fingerprint density at radius 1 is 0.500 bits per heavy atom. The summed E-state index contributed by atoms with van der Waals surface area (Å²) in [4.78, 5) is 17.8. The monoisotopic (exact) mass is 782 g/mol. The molecule has 9 rings (SSSR count). The van der Waals surface area contributed by atoms with Crippen molar-refractivity contribution in [1.82, 2.24) is 15.0 Å². The highest BCUT2D eigenvalue weighted by Gasteiger charge is 2.15. The van der Waals surface area contributed by atoms with E-state index < -0.39 is 0 Å². The van der Waals surface area contributed by atoms with Gasteiger partial charge in [-0.1, -0.05) is 158 Å². The van der Waals surface area contributed by atoms with Crippen molar-refractivity contribution in [3.8, 4) is 44.8 Å². The van der Waals surface area contributed by atoms with Gasteiger partial charge in [0.1, 0.15) is 0 Å². The van der Waals surface area contributed by atoms with Gasteiger partial charge in [-0.05, 0) is 116 Å². The number of allylic oxidation sites excluding steroid dienone is 5. The fraction of sp³-hybridized carbons (Fsp3) is 0.179. The van der Waals surface area contributed by atoms with Crippen LogP contribution in [-0.2, 0) is 0 Å². The summed E-state index contributed by atoms with van der Waals surface area (Å²) in [5, 5.41) is 0. The van der Waals surface area contributed by atoms with Gasteiger partial charge in [0.25, 0.3) is 0 Å². The fourth-order valence-corrected chi connectivity index (χ4v) is 7.48. The molecule has 0 amide bonds. The van der Waals surface area contributed by atoms with Crippen molar-refractivity contribution < 1.29 is 0 Å². The minimum atomic E-state index is 0.449. The van der Waals surface area contributed by atoms with Gasteiger partial charge >= 0.3 is 0 Å². The van der Waals surface area contributed by atoms with Gasteiger partial charge in [-0.2, -0.15) is 0 Å². The van der Waals surface area contributed by atoms with E-state index >= 15 is 0 Å². The fourth-order valence-electron chi connectivity index (χ4n) is 7.48. The van der Waals surface area contributed by atoms with Crippen LogP contribution in [0.2, 0.25) is 0 Å². The molecule has 0 saturated carbocycles. The van der Waals surface area contributed by atoms with Crippen molar-refractivity contribution in [1.29, 1.82) is 0 Å². The lowest BCUT2D eigenvalue weighted by Gasteiger charge is -2.19. The Hall–Kier alpha value is -6.78. The first-order valence-corrected chi connectivity index (χ1v) is 20.9. The van der Waals surface area contributed by atoms with E-state index in [1.807, 2.05) is 68.9 Å². The third-order valence-corrected chi connectivity index (χ3v) is 10.7. The normalized spacial score (nSPS) is 15.4. The molecule has 0 radical (unpaired) electrons. The van der Waals surface area contributed by atoms with Crippen LogP contribution in [-0.4, -0.2) is 27.7 Å². The summed E-state index contributed by atoms with van der Waals surface area (Å²) in [5.41, 5.74) is 19.1. The molecule has 1 aliphatic heterocycles. The molecule has 3 aromatic heterocycles. The van der Waals surface area contributed by atoms with E-state index in [1.165, 1.54) is 55.7 Å². The highest BCUT2D eigenvalue weighted by molar-refractivity contribution is 5.87. The first kappa shape index (κ1) is 41.4. The van der Waals surface area contributed by atoms with Crippen molar-refractivity contribution >= 4 is 6.21 Å². The number of hydrogen-bond acceptors (Lipinski definition) is 4. The predicted molar refractivity (Wildman–Crippen MR) is 253 cm³/mol. The number of hydrogen-bond donors (Lipinski definition) is 0. The summed E-state index contributed by atoms with van der Waals surface area (Å²) in [6.07, 6.45) is 16.1. The number of aromatic nitrogens is 3. The maximum absolute atomic E-state index is 4.54. The molecular weight excluding hydrogens is 729 g/mol. The molecule has 7 aromatic rings. The maximum atomic E-state index is 4.54. The predicted octanol–water partition coefficient (Wildman–Crippen LogP) is 14.1. The minimum absolute atomic E-state index is 0.449. The standard InChI is InChI=1S/C20H18.C18H20N2.C18H16N2/c1-15-5-3-7-19(13-15)17-9-11-18(12-10-17)20-8-4-6-16(2)14-20;1-13-7-17(11-19-9-13)15-3-5-16(6-4-15)18-8-14(2)10-20-12-18;1-13-5-3-7-17(19-13)15-9-11-16(12-10-15)18-8-4-6-14(2)20-18/h3-14H,1-2H3;3-5,7-8,10-13,16H,6,9H2,1-2H3;3-12H,1-2H3. The number of rotatable bonds is 6. The number of aryl methyl sites for hydroxylation is 5. The summed E-state index contributed by atoms with van der Waals surface area (Å²) in [6, 6.07) is 48.8. The maximum Gasteiger partial charge on any atom is 0.0705 e. The largest absolute Gasteiger partial charge is 0.292 e. The van der Waals surface area contributed by atoms with Crippen LogP contribution in [0.1, 0.15) is 52.9 Å². The van der Waals surface area contributed by atoms with Crippen LogP contribution in [0.3, 0.4) is 0 Å². The zero-order valence-corrected chi connectivity index (χ0v) is 35.7. The summed E-state index contributed by atoms with van der Waals surface area (Å²) in [5.74, 6) is 0.993. The molecular formula is C56H54N4. The lowest BCUT2D eigenvalue weighted by atomic mass is 9.87. The van der Waals surface area contributed by atoms with Crippen molar-refractivity contribution in [3.05, 3.63) is 221 Å². The van der Waals surface area contributed by atoms with E-state index in [2.05, 4.69) is 175 Å². The van der Waals surface area contributed by atoms with Gasteiger partial charge < -0.3 is 0 Å². The van der Waals surface area contributed by atoms with Crippen LogP contribution >= 0.6 is 0 Å². The molecule has 0 saturated heterocycles. The molecule has 2 atom stereocenters. The van der Waals surface area contributed by atoms with Crippen LogP contribution in [0.25, 0.3) is 44.8 Å². The Kier molecular flexibility index (Phi) is 13.6. The van der Waals surface area contributed by atoms with Gasteiger partial charge in [-0.15, -0.1) is 0 Å². The molecule has 0 bridgehead atoms. The lowest BCUT2D eigenvalue weighted by Crippen LogP contribution is -2.07. The van der Waals surface area contributed by atoms with E-state index in [0.29, 0.717) is 11.8 Å². The molecule has 0 spiro atoms. The van der Waals surface area contributed by atoms with Crippen LogP contribution in [0, 0.1) is 40.5 Å². The quantitative estimate of drug-likeness (QED) is 0.169. The highest BCUT2D eigenvalue weighted by atomic mass is 14.7. The van der Waals surface area contributed by atoms with Gasteiger partial charge in [0.15, 0.2) is 0 Å². The summed E-state index contributed by atoms with van der Waals surface area (Å²) >= 11 is 0. The van der Waals surface area contributed by atoms with E-state index in [4.69, 9.17) is 0 Å². The Morgan fingerprint density at radius 2 is 1.03 bits per heavy atom. The van der Waals surface area contributed by atoms with E-state index in [1.54, 1.807) is 0 Å². The Morgan fingerprint density at radius 3 is 1.50 bits per heavy atom. The number of aliphatic imine (C=N–C) groups is 1. The Balaban J connectivity index is 0.000000136. The van der Waals surface area contributed by atoms with Gasteiger partial charge in [-0.25, -0.2) is 0 Å². The summed E-state index contributed by atoms with van der Waals surface area (Å²) in [7, 11) is 0. The first-order valence-electron chi connectivity index (χ1n) is 20.9. The van der Waals surface area contributed by atoms with Crippen molar-refractivity contribution in [3.63, 3.8) is 0 Å². The van der Waals surface area contributed by atoms with Crippen molar-refractivity contribution in [2.45, 2.75) is 53.9 Å². The molecule has 298 valence electrons. The van der Waals surface area contributed by atoms with Gasteiger partial charge in [0, 0.05) is 53.6 Å². The molecule has 4 aromatic carbocycles. The molecule has 4 heterocycles. The van der Waals surface area contributed by atoms with Crippen LogP contribution < -0.4 is 0 Å². The molecule has 4 heteroatoms. The van der Waals surface area contributed by atoms with Crippen molar-refractivity contribution in [2.24, 2.45) is 10.9 Å². The smallest absolute Gasteiger partial charge is 0.0705 e. The number of nitrogens with zero attached hydrogens (tertiary/aromatic N) is 4. The van der Waals surface area contributed by atoms with Crippen LogP contribution in [0.15, 0.2) is 192 Å². The lowest BCUT2D eigenvalue weighted by molar-refractivity contribution is 0.731. The summed E-state index contributed by atoms with van der Waals surface area (Å²) in [6.45, 7) is 13.5. The van der Waals surface area contributed by atoms with Gasteiger partial charge in [-0.3, -0.25) is 19.9 Å². The molecule has 2 aliphatic rings. The SMILES string of the molecule is Cc1cccc(-c2ccc(-c3cccc(C)c3)cc2)c1.Cc1cccc(-c2ccc(-c3cccc(C)n3)cc2)n1.Cc1cncc(C2C=CC(C3=CC(C)CN=C3)=CC2)c1. The van der Waals surface area contributed by atoms with E-state index in [9.17, 15) is 0 Å². The molecule has 0 N–H and O–H groups in total. The highest BCUT2D eigenvalue weighted by Crippen LogP contribution is 2.30.